The summed E-state index contributed by atoms with van der Waals surface area (Å²) in [6, 6.07) is 23.5. The molecule has 1 aliphatic rings. The van der Waals surface area contributed by atoms with Crippen molar-refractivity contribution in [2.75, 3.05) is 0 Å². The molecule has 0 fully saturated rings. The van der Waals surface area contributed by atoms with Gasteiger partial charge in [0, 0.05) is 46.9 Å². The zero-order valence-electron chi connectivity index (χ0n) is 21.2. The Balaban J connectivity index is 1.96. The number of rotatable bonds is 4. The van der Waals surface area contributed by atoms with Crippen molar-refractivity contribution >= 4 is 139 Å². The molecular formula is C32H12Br8O3. The lowest BCUT2D eigenvalue weighted by Crippen LogP contribution is -2.06. The first-order valence-electron chi connectivity index (χ1n) is 12.3. The number of benzene rings is 5. The molecule has 0 atom stereocenters. The van der Waals surface area contributed by atoms with Crippen LogP contribution in [0.25, 0.3) is 44.5 Å². The van der Waals surface area contributed by atoms with Crippen LogP contribution >= 0.6 is 127 Å². The normalized spacial score (nSPS) is 12.5. The van der Waals surface area contributed by atoms with Crippen molar-refractivity contribution in [3.05, 3.63) is 120 Å². The molecule has 0 unspecified atom stereocenters. The molecule has 11 heteroatoms. The van der Waals surface area contributed by atoms with Gasteiger partial charge in [0.15, 0.2) is 0 Å². The van der Waals surface area contributed by atoms with E-state index in [1.807, 2.05) is 72.8 Å². The van der Waals surface area contributed by atoms with Gasteiger partial charge in [-0.2, -0.15) is 0 Å². The van der Waals surface area contributed by atoms with Crippen LogP contribution in [0.5, 0.6) is 0 Å². The van der Waals surface area contributed by atoms with Crippen LogP contribution in [0.4, 0.5) is 0 Å². The van der Waals surface area contributed by atoms with Crippen LogP contribution < -0.4 is 0 Å². The van der Waals surface area contributed by atoms with E-state index in [9.17, 15) is 9.59 Å². The Bertz CT molecular complexity index is 1810. The van der Waals surface area contributed by atoms with Crippen LogP contribution in [0.15, 0.2) is 109 Å². The molecule has 3 nitrogen and oxygen atoms in total. The number of carbonyl (C=O) groups is 2. The van der Waals surface area contributed by atoms with Crippen molar-refractivity contribution < 1.29 is 14.3 Å². The second-order valence-electron chi connectivity index (χ2n) is 9.56. The van der Waals surface area contributed by atoms with E-state index in [0.717, 1.165) is 69.2 Å². The van der Waals surface area contributed by atoms with E-state index in [0.29, 0.717) is 11.1 Å². The Morgan fingerprint density at radius 2 is 0.488 bits per heavy atom. The van der Waals surface area contributed by atoms with Crippen molar-refractivity contribution in [1.29, 1.82) is 0 Å². The molecule has 0 aliphatic carbocycles. The van der Waals surface area contributed by atoms with Crippen molar-refractivity contribution in [2.45, 2.75) is 0 Å². The summed E-state index contributed by atoms with van der Waals surface area (Å²) in [6.07, 6.45) is 0. The quantitative estimate of drug-likeness (QED) is 0.133. The Hall–Kier alpha value is -0.920. The average molecular weight is 1080 g/mol. The summed E-state index contributed by atoms with van der Waals surface area (Å²) in [6.45, 7) is 0. The second-order valence-corrected chi connectivity index (χ2v) is 16.9. The van der Waals surface area contributed by atoms with E-state index in [-0.39, 0.29) is 11.1 Å². The molecule has 0 spiro atoms. The molecule has 214 valence electrons. The number of hydrogen-bond acceptors (Lipinski definition) is 3. The highest BCUT2D eigenvalue weighted by atomic mass is 79.9. The average Bonchev–Trinajstić information content (AvgIpc) is 3.18. The van der Waals surface area contributed by atoms with Crippen molar-refractivity contribution in [2.24, 2.45) is 0 Å². The van der Waals surface area contributed by atoms with Gasteiger partial charge < -0.3 is 4.74 Å². The zero-order valence-corrected chi connectivity index (χ0v) is 33.9. The van der Waals surface area contributed by atoms with Crippen molar-refractivity contribution in [3.8, 4) is 44.5 Å². The van der Waals surface area contributed by atoms with E-state index in [1.165, 1.54) is 0 Å². The van der Waals surface area contributed by atoms with Gasteiger partial charge in [-0.3, -0.25) is 0 Å². The highest BCUT2D eigenvalue weighted by molar-refractivity contribution is 9.12. The molecule has 0 radical (unpaired) electrons. The summed E-state index contributed by atoms with van der Waals surface area (Å²) < 4.78 is 12.0. The Kier molecular flexibility index (Phi) is 9.46. The van der Waals surface area contributed by atoms with Crippen LogP contribution in [-0.2, 0) is 4.74 Å². The minimum absolute atomic E-state index is 0.213. The molecule has 0 bridgehead atoms. The van der Waals surface area contributed by atoms with Gasteiger partial charge in [0.05, 0.1) is 11.1 Å². The summed E-state index contributed by atoms with van der Waals surface area (Å²) in [7, 11) is 0. The first kappa shape index (κ1) is 32.0. The smallest absolute Gasteiger partial charge is 0.347 e. The number of halogens is 8. The Morgan fingerprint density at radius 3 is 0.698 bits per heavy atom. The van der Waals surface area contributed by atoms with Crippen LogP contribution in [-0.4, -0.2) is 11.9 Å². The maximum atomic E-state index is 13.7. The standard InChI is InChI=1S/C32H12Br8O3/c33-17-1-13(2-18(34)9-17)25-26(14-3-19(35)10-20(36)4-14)28(16-7-23(39)12-24(40)8-16)30-29(31(41)43-32(30)42)27(25)15-5-21(37)11-22(38)6-15/h1-12H. The van der Waals surface area contributed by atoms with Gasteiger partial charge in [-0.1, -0.05) is 127 Å². The Morgan fingerprint density at radius 1 is 0.302 bits per heavy atom. The van der Waals surface area contributed by atoms with Crippen LogP contribution in [0.2, 0.25) is 0 Å². The number of cyclic esters (lactones) is 2. The molecule has 5 aromatic carbocycles. The minimum atomic E-state index is -0.696. The fourth-order valence-electron chi connectivity index (χ4n) is 5.29. The minimum Gasteiger partial charge on any atom is -0.386 e. The number of ether oxygens (including phenoxy) is 1. The third kappa shape index (κ3) is 6.39. The van der Waals surface area contributed by atoms with Gasteiger partial charge >= 0.3 is 11.9 Å². The van der Waals surface area contributed by atoms with Gasteiger partial charge in [-0.25, -0.2) is 9.59 Å². The summed E-state index contributed by atoms with van der Waals surface area (Å²) in [5.74, 6) is -1.39. The summed E-state index contributed by atoms with van der Waals surface area (Å²) in [5.41, 5.74) is 6.22. The third-order valence-corrected chi connectivity index (χ3v) is 10.4. The first-order chi connectivity index (χ1) is 20.4. The van der Waals surface area contributed by atoms with Crippen molar-refractivity contribution in [3.63, 3.8) is 0 Å². The molecule has 1 aliphatic heterocycles. The molecule has 0 saturated heterocycles. The molecule has 0 N–H and O–H groups in total. The summed E-state index contributed by atoms with van der Waals surface area (Å²) in [5, 5.41) is 0. The Labute approximate surface area is 314 Å². The second kappa shape index (κ2) is 12.7. The highest BCUT2D eigenvalue weighted by Crippen LogP contribution is 2.53. The van der Waals surface area contributed by atoms with Crippen LogP contribution in [0.1, 0.15) is 20.7 Å². The van der Waals surface area contributed by atoms with Gasteiger partial charge in [0.1, 0.15) is 0 Å². The van der Waals surface area contributed by atoms with E-state index in [4.69, 9.17) is 4.74 Å². The van der Waals surface area contributed by atoms with E-state index in [2.05, 4.69) is 127 Å². The molecular weight excluding hydrogens is 1070 g/mol. The molecule has 6 rings (SSSR count). The lowest BCUT2D eigenvalue weighted by Gasteiger charge is -2.24. The monoisotopic (exact) mass is 1080 g/mol. The number of fused-ring (bicyclic) bond motifs is 1. The number of hydrogen-bond donors (Lipinski definition) is 0. The van der Waals surface area contributed by atoms with E-state index < -0.39 is 11.9 Å². The number of carbonyl (C=O) groups excluding carboxylic acids is 2. The maximum absolute atomic E-state index is 13.7. The SMILES string of the molecule is O=C1OC(=O)c2c1c(-c1cc(Br)cc(Br)c1)c(-c1cc(Br)cc(Br)c1)c(-c1cc(Br)cc(Br)c1)c2-c1cc(Br)cc(Br)c1. The molecule has 0 amide bonds. The van der Waals surface area contributed by atoms with Gasteiger partial charge in [-0.15, -0.1) is 0 Å². The lowest BCUT2D eigenvalue weighted by atomic mass is 9.77. The zero-order chi connectivity index (χ0) is 30.7. The van der Waals surface area contributed by atoms with Crippen LogP contribution in [0.3, 0.4) is 0 Å². The molecule has 0 aromatic heterocycles. The third-order valence-electron chi connectivity index (χ3n) is 6.70. The predicted molar refractivity (Wildman–Crippen MR) is 200 cm³/mol. The molecule has 1 heterocycles. The summed E-state index contributed by atoms with van der Waals surface area (Å²) >= 11 is 29.1. The first-order valence-corrected chi connectivity index (χ1v) is 18.6. The topological polar surface area (TPSA) is 43.4 Å². The largest absolute Gasteiger partial charge is 0.386 e. The van der Waals surface area contributed by atoms with Gasteiger partial charge in [0.2, 0.25) is 0 Å². The fraction of sp³-hybridized carbons (Fsp3) is 0. The maximum Gasteiger partial charge on any atom is 0.347 e. The van der Waals surface area contributed by atoms with Gasteiger partial charge in [-0.05, 0) is 106 Å². The number of esters is 2. The molecule has 0 saturated carbocycles. The summed E-state index contributed by atoms with van der Waals surface area (Å²) in [4.78, 5) is 27.4. The van der Waals surface area contributed by atoms with Crippen molar-refractivity contribution in [1.82, 2.24) is 0 Å². The predicted octanol–water partition coefficient (Wildman–Crippen LogP) is 13.8. The van der Waals surface area contributed by atoms with E-state index >= 15 is 0 Å². The fourth-order valence-corrected chi connectivity index (χ4v) is 10.5. The van der Waals surface area contributed by atoms with E-state index in [1.54, 1.807) is 0 Å². The highest BCUT2D eigenvalue weighted by Gasteiger charge is 2.40. The van der Waals surface area contributed by atoms with Gasteiger partial charge in [0.25, 0.3) is 0 Å². The molecule has 43 heavy (non-hydrogen) atoms. The van der Waals surface area contributed by atoms with Crippen LogP contribution in [0, 0.1) is 0 Å². The lowest BCUT2D eigenvalue weighted by molar-refractivity contribution is 0.0444. The molecule has 5 aromatic rings.